The Morgan fingerprint density at radius 2 is 2.24 bits per heavy atom. The van der Waals surface area contributed by atoms with Gasteiger partial charge in [-0.15, -0.1) is 11.3 Å². The van der Waals surface area contributed by atoms with Gasteiger partial charge < -0.3 is 15.0 Å². The normalized spacial score (nSPS) is 19.9. The molecule has 2 N–H and O–H groups in total. The van der Waals surface area contributed by atoms with Gasteiger partial charge in [-0.1, -0.05) is 0 Å². The summed E-state index contributed by atoms with van der Waals surface area (Å²) in [5.41, 5.74) is 1.74. The number of amides is 1. The molecule has 6 nitrogen and oxygen atoms in total. The zero-order valence-electron chi connectivity index (χ0n) is 15.5. The molecule has 29 heavy (non-hydrogen) atoms. The minimum atomic E-state index is -4.37. The molecule has 0 saturated heterocycles. The third-order valence-electron chi connectivity index (χ3n) is 4.81. The van der Waals surface area contributed by atoms with E-state index in [1.165, 1.54) is 6.07 Å². The van der Waals surface area contributed by atoms with Crippen LogP contribution in [0.1, 0.15) is 42.4 Å². The summed E-state index contributed by atoms with van der Waals surface area (Å²) < 4.78 is 41.4. The number of imidazole rings is 1. The summed E-state index contributed by atoms with van der Waals surface area (Å²) >= 11 is 1.10. The molecule has 0 bridgehead atoms. The van der Waals surface area contributed by atoms with Gasteiger partial charge in [0.1, 0.15) is 5.82 Å². The Hall–Kier alpha value is -2.62. The molecule has 0 unspecified atom stereocenters. The van der Waals surface area contributed by atoms with Crippen molar-refractivity contribution >= 4 is 28.3 Å². The fraction of sp³-hybridized carbons (Fsp3) is 0.421. The van der Waals surface area contributed by atoms with E-state index in [4.69, 9.17) is 4.74 Å². The molecule has 1 aliphatic rings. The van der Waals surface area contributed by atoms with Crippen LogP contribution in [-0.4, -0.2) is 33.6 Å². The van der Waals surface area contributed by atoms with E-state index in [0.29, 0.717) is 6.42 Å². The molecule has 1 amide bonds. The molecule has 3 aromatic rings. The highest BCUT2D eigenvalue weighted by Crippen LogP contribution is 2.48. The molecule has 0 aromatic carbocycles. The molecule has 1 aliphatic carbocycles. The molecule has 0 spiro atoms. The Kier molecular flexibility index (Phi) is 5.20. The smallest absolute Gasteiger partial charge is 0.422 e. The maximum Gasteiger partial charge on any atom is 0.422 e. The van der Waals surface area contributed by atoms with Crippen LogP contribution in [-0.2, 0) is 4.79 Å². The van der Waals surface area contributed by atoms with Gasteiger partial charge in [-0.3, -0.25) is 9.78 Å². The van der Waals surface area contributed by atoms with E-state index in [1.54, 1.807) is 25.4 Å². The number of hydrogen-bond donors (Lipinski definition) is 2. The van der Waals surface area contributed by atoms with Crippen molar-refractivity contribution in [2.75, 3.05) is 6.61 Å². The summed E-state index contributed by atoms with van der Waals surface area (Å²) in [6.45, 7) is 0.475. The lowest BCUT2D eigenvalue weighted by molar-refractivity contribution is -0.152. The molecule has 3 atom stereocenters. The quantitative estimate of drug-likeness (QED) is 0.592. The number of thiophene rings is 1. The van der Waals surface area contributed by atoms with Crippen LogP contribution in [0.5, 0.6) is 5.06 Å². The maximum atomic E-state index is 12.4. The van der Waals surface area contributed by atoms with Crippen molar-refractivity contribution in [3.8, 4) is 5.06 Å². The summed E-state index contributed by atoms with van der Waals surface area (Å²) in [7, 11) is 0. The topological polar surface area (TPSA) is 79.9 Å². The lowest BCUT2D eigenvalue weighted by atomic mass is 10.2. The summed E-state index contributed by atoms with van der Waals surface area (Å²) in [6, 6.07) is 4.70. The van der Waals surface area contributed by atoms with Crippen molar-refractivity contribution in [3.63, 3.8) is 0 Å². The predicted molar refractivity (Wildman–Crippen MR) is 102 cm³/mol. The molecule has 154 valence electrons. The lowest BCUT2D eigenvalue weighted by Gasteiger charge is -2.12. The second-order valence-electron chi connectivity index (χ2n) is 7.17. The summed E-state index contributed by atoms with van der Waals surface area (Å²) in [5.74, 6) is 1.25. The molecular formula is C19H19F3N4O2S. The summed E-state index contributed by atoms with van der Waals surface area (Å²) in [4.78, 5) is 25.0. The first-order chi connectivity index (χ1) is 13.8. The van der Waals surface area contributed by atoms with Crippen molar-refractivity contribution < 1.29 is 22.7 Å². The molecule has 0 radical (unpaired) electrons. The highest BCUT2D eigenvalue weighted by atomic mass is 32.1. The highest BCUT2D eigenvalue weighted by Gasteiger charge is 2.42. The van der Waals surface area contributed by atoms with Crippen LogP contribution in [0.25, 0.3) is 11.0 Å². The first-order valence-electron chi connectivity index (χ1n) is 9.17. The van der Waals surface area contributed by atoms with Gasteiger partial charge >= 0.3 is 6.18 Å². The third-order valence-corrected chi connectivity index (χ3v) is 5.99. The van der Waals surface area contributed by atoms with Gasteiger partial charge in [0.2, 0.25) is 5.91 Å². The Labute approximate surface area is 168 Å². The van der Waals surface area contributed by atoms with Crippen LogP contribution >= 0.6 is 11.3 Å². The number of hydrogen-bond acceptors (Lipinski definition) is 5. The third kappa shape index (κ3) is 4.87. The summed E-state index contributed by atoms with van der Waals surface area (Å²) in [6.07, 6.45) is 0.319. The number of alkyl halides is 3. The molecule has 0 aliphatic heterocycles. The predicted octanol–water partition coefficient (Wildman–Crippen LogP) is 4.33. The zero-order chi connectivity index (χ0) is 20.6. The fourth-order valence-corrected chi connectivity index (χ4v) is 4.13. The number of pyridine rings is 1. The summed E-state index contributed by atoms with van der Waals surface area (Å²) in [5, 5.41) is 3.09. The molecular weight excluding hydrogens is 405 g/mol. The van der Waals surface area contributed by atoms with E-state index in [2.05, 4.69) is 20.3 Å². The number of ether oxygens (including phenoxy) is 1. The molecule has 1 saturated carbocycles. The Bertz CT molecular complexity index is 983. The average molecular weight is 424 g/mol. The average Bonchev–Trinajstić information content (AvgIpc) is 3.08. The molecule has 3 aromatic heterocycles. The SMILES string of the molecule is C[C@@H](NC(=O)C[C@@H]1C[C@@H]1c1nc2ccncc2[nH]1)c1ccc(OCC(F)(F)F)s1. The van der Waals surface area contributed by atoms with E-state index in [0.717, 1.165) is 39.5 Å². The Morgan fingerprint density at radius 3 is 3.00 bits per heavy atom. The molecule has 3 heterocycles. The number of nitrogens with zero attached hydrogens (tertiary/aromatic N) is 2. The van der Waals surface area contributed by atoms with E-state index in [9.17, 15) is 18.0 Å². The number of halogens is 3. The number of aromatic amines is 1. The fourth-order valence-electron chi connectivity index (χ4n) is 3.27. The van der Waals surface area contributed by atoms with Crippen molar-refractivity contribution in [3.05, 3.63) is 41.3 Å². The van der Waals surface area contributed by atoms with Crippen molar-refractivity contribution in [1.82, 2.24) is 20.3 Å². The van der Waals surface area contributed by atoms with Crippen LogP contribution in [0.15, 0.2) is 30.6 Å². The van der Waals surface area contributed by atoms with Crippen molar-refractivity contribution in [2.24, 2.45) is 5.92 Å². The minimum absolute atomic E-state index is 0.0889. The first kappa shape index (κ1) is 19.7. The van der Waals surface area contributed by atoms with Gasteiger partial charge in [0, 0.05) is 23.4 Å². The zero-order valence-corrected chi connectivity index (χ0v) is 16.3. The standard InChI is InChI=1S/C19H19F3N4O2S/c1-10(15-2-3-17(29-15)28-9-19(20,21)22)24-16(27)7-11-6-12(11)18-25-13-4-5-23-8-14(13)26-18/h2-5,8,10-12H,6-7,9H2,1H3,(H,24,27)(H,25,26)/t10-,11+,12+/m1/s1. The van der Waals surface area contributed by atoms with Crippen LogP contribution in [0.2, 0.25) is 0 Å². The van der Waals surface area contributed by atoms with Crippen LogP contribution in [0.3, 0.4) is 0 Å². The van der Waals surface area contributed by atoms with E-state index >= 15 is 0 Å². The van der Waals surface area contributed by atoms with E-state index in [-0.39, 0.29) is 28.8 Å². The molecule has 4 rings (SSSR count). The molecule has 10 heteroatoms. The van der Waals surface area contributed by atoms with Gasteiger partial charge in [-0.05, 0) is 37.5 Å². The number of H-pyrrole nitrogens is 1. The largest absolute Gasteiger partial charge is 0.475 e. The number of aromatic nitrogens is 3. The Morgan fingerprint density at radius 1 is 1.41 bits per heavy atom. The van der Waals surface area contributed by atoms with Gasteiger partial charge in [0.15, 0.2) is 11.7 Å². The molecule has 1 fully saturated rings. The van der Waals surface area contributed by atoms with Gasteiger partial charge in [-0.25, -0.2) is 4.98 Å². The number of fused-ring (bicyclic) bond motifs is 1. The second-order valence-corrected chi connectivity index (χ2v) is 8.25. The van der Waals surface area contributed by atoms with Crippen LogP contribution in [0.4, 0.5) is 13.2 Å². The Balaban J connectivity index is 1.27. The van der Waals surface area contributed by atoms with Crippen molar-refractivity contribution in [2.45, 2.75) is 37.9 Å². The monoisotopic (exact) mass is 424 g/mol. The van der Waals surface area contributed by atoms with E-state index in [1.807, 2.05) is 6.07 Å². The van der Waals surface area contributed by atoms with E-state index < -0.39 is 12.8 Å². The maximum absolute atomic E-state index is 12.4. The number of nitrogens with one attached hydrogen (secondary N) is 2. The van der Waals surface area contributed by atoms with Crippen LogP contribution < -0.4 is 10.1 Å². The lowest BCUT2D eigenvalue weighted by Crippen LogP contribution is -2.26. The van der Waals surface area contributed by atoms with Crippen LogP contribution in [0, 0.1) is 5.92 Å². The second kappa shape index (κ2) is 7.66. The first-order valence-corrected chi connectivity index (χ1v) is 9.98. The number of carbonyl (C=O) groups excluding carboxylic acids is 1. The van der Waals surface area contributed by atoms with Gasteiger partial charge in [0.05, 0.1) is 23.3 Å². The minimum Gasteiger partial charge on any atom is -0.475 e. The highest BCUT2D eigenvalue weighted by molar-refractivity contribution is 7.13. The van der Waals surface area contributed by atoms with Gasteiger partial charge in [0.25, 0.3) is 0 Å². The number of carbonyl (C=O) groups is 1. The number of rotatable bonds is 7. The van der Waals surface area contributed by atoms with Crippen molar-refractivity contribution in [1.29, 1.82) is 0 Å². The van der Waals surface area contributed by atoms with Gasteiger partial charge in [-0.2, -0.15) is 13.2 Å².